The van der Waals surface area contributed by atoms with Crippen molar-refractivity contribution in [3.63, 3.8) is 0 Å². The van der Waals surface area contributed by atoms with E-state index >= 15 is 0 Å². The number of carbonyl (C=O) groups excluding carboxylic acids is 1. The van der Waals surface area contributed by atoms with Gasteiger partial charge in [0, 0.05) is 5.56 Å². The van der Waals surface area contributed by atoms with E-state index in [9.17, 15) is 4.79 Å². The van der Waals surface area contributed by atoms with Gasteiger partial charge in [-0.2, -0.15) is 0 Å². The second kappa shape index (κ2) is 8.61. The first-order valence-corrected chi connectivity index (χ1v) is 8.61. The minimum atomic E-state index is -0.150. The van der Waals surface area contributed by atoms with Gasteiger partial charge in [-0.25, -0.2) is 0 Å². The molecule has 1 aliphatic heterocycles. The number of nitrogens with one attached hydrogen (secondary N) is 2. The van der Waals surface area contributed by atoms with E-state index in [4.69, 9.17) is 27.9 Å². The molecule has 1 aliphatic rings. The fourth-order valence-electron chi connectivity index (χ4n) is 2.73. The van der Waals surface area contributed by atoms with E-state index in [-0.39, 0.29) is 5.91 Å². The van der Waals surface area contributed by atoms with Crippen LogP contribution in [0.25, 0.3) is 0 Å². The second-order valence-electron chi connectivity index (χ2n) is 5.52. The van der Waals surface area contributed by atoms with Crippen molar-refractivity contribution >= 4 is 29.1 Å². The Labute approximate surface area is 141 Å². The average Bonchev–Trinajstić information content (AvgIpc) is 2.51. The number of carbonyl (C=O) groups is 1. The van der Waals surface area contributed by atoms with Crippen molar-refractivity contribution in [2.45, 2.75) is 26.2 Å². The number of piperidine rings is 1. The summed E-state index contributed by atoms with van der Waals surface area (Å²) in [6.07, 6.45) is 3.90. The van der Waals surface area contributed by atoms with Crippen molar-refractivity contribution in [3.8, 4) is 5.75 Å². The van der Waals surface area contributed by atoms with Gasteiger partial charge in [-0.3, -0.25) is 4.79 Å². The standard InChI is InChI=1S/C16H22Cl2N2O2/c1-2-22-15-13(17)10-12(11-14(15)18)16(21)19-6-9-20-7-4-3-5-8-20/h10-11H,2-9H2,1H3,(H,19,21)/p+1. The summed E-state index contributed by atoms with van der Waals surface area (Å²) in [4.78, 5) is 13.7. The zero-order chi connectivity index (χ0) is 15.9. The molecule has 0 radical (unpaired) electrons. The molecule has 1 heterocycles. The van der Waals surface area contributed by atoms with Gasteiger partial charge in [0.2, 0.25) is 0 Å². The summed E-state index contributed by atoms with van der Waals surface area (Å²) < 4.78 is 5.36. The molecule has 0 aliphatic carbocycles. The van der Waals surface area contributed by atoms with Crippen molar-refractivity contribution < 1.29 is 14.4 Å². The first-order chi connectivity index (χ1) is 10.6. The van der Waals surface area contributed by atoms with Crippen LogP contribution in [0.15, 0.2) is 12.1 Å². The molecule has 0 unspecified atom stereocenters. The van der Waals surface area contributed by atoms with E-state index < -0.39 is 0 Å². The van der Waals surface area contributed by atoms with Crippen LogP contribution in [0.4, 0.5) is 0 Å². The Morgan fingerprint density at radius 2 is 1.86 bits per heavy atom. The van der Waals surface area contributed by atoms with Crippen molar-refractivity contribution in [3.05, 3.63) is 27.7 Å². The van der Waals surface area contributed by atoms with Gasteiger partial charge in [0.15, 0.2) is 5.75 Å². The lowest BCUT2D eigenvalue weighted by molar-refractivity contribution is -0.903. The number of quaternary nitrogens is 1. The second-order valence-corrected chi connectivity index (χ2v) is 6.33. The summed E-state index contributed by atoms with van der Waals surface area (Å²) in [5.41, 5.74) is 0.465. The molecule has 4 nitrogen and oxygen atoms in total. The van der Waals surface area contributed by atoms with Gasteiger partial charge in [0.25, 0.3) is 5.91 Å². The molecule has 0 bridgehead atoms. The van der Waals surface area contributed by atoms with Crippen LogP contribution in [0.5, 0.6) is 5.75 Å². The minimum absolute atomic E-state index is 0.150. The molecule has 2 rings (SSSR count). The van der Waals surface area contributed by atoms with Gasteiger partial charge in [-0.05, 0) is 38.3 Å². The number of amides is 1. The van der Waals surface area contributed by atoms with Gasteiger partial charge < -0.3 is 15.0 Å². The molecule has 1 aromatic rings. The highest BCUT2D eigenvalue weighted by atomic mass is 35.5. The maximum Gasteiger partial charge on any atom is 0.251 e. The molecule has 2 N–H and O–H groups in total. The zero-order valence-electron chi connectivity index (χ0n) is 12.9. The Morgan fingerprint density at radius 3 is 2.45 bits per heavy atom. The number of likely N-dealkylation sites (tertiary alicyclic amines) is 1. The monoisotopic (exact) mass is 345 g/mol. The number of rotatable bonds is 6. The van der Waals surface area contributed by atoms with Crippen LogP contribution in [0.3, 0.4) is 0 Å². The topological polar surface area (TPSA) is 42.8 Å². The Morgan fingerprint density at radius 1 is 1.23 bits per heavy atom. The maximum atomic E-state index is 12.2. The molecule has 0 saturated carbocycles. The smallest absolute Gasteiger partial charge is 0.251 e. The fourth-order valence-corrected chi connectivity index (χ4v) is 3.33. The molecule has 6 heteroatoms. The summed E-state index contributed by atoms with van der Waals surface area (Å²) in [6.45, 7) is 6.37. The summed E-state index contributed by atoms with van der Waals surface area (Å²) >= 11 is 12.2. The first-order valence-electron chi connectivity index (χ1n) is 7.85. The van der Waals surface area contributed by atoms with E-state index in [1.165, 1.54) is 32.4 Å². The third-order valence-corrected chi connectivity index (χ3v) is 4.44. The molecule has 0 atom stereocenters. The summed E-state index contributed by atoms with van der Waals surface area (Å²) in [5.74, 6) is 0.281. The largest absolute Gasteiger partial charge is 0.491 e. The number of hydrogen-bond donors (Lipinski definition) is 2. The third-order valence-electron chi connectivity index (χ3n) is 3.87. The molecule has 22 heavy (non-hydrogen) atoms. The zero-order valence-corrected chi connectivity index (χ0v) is 14.4. The predicted octanol–water partition coefficient (Wildman–Crippen LogP) is 2.19. The molecular formula is C16H23Cl2N2O2+. The van der Waals surface area contributed by atoms with Crippen LogP contribution in [-0.2, 0) is 0 Å². The normalized spacial score (nSPS) is 15.6. The van der Waals surface area contributed by atoms with E-state index in [1.807, 2.05) is 6.92 Å². The Kier molecular flexibility index (Phi) is 6.80. The Hall–Kier alpha value is -0.970. The Bertz CT molecular complexity index is 494. The third kappa shape index (κ3) is 4.77. The number of ether oxygens (including phenoxy) is 1. The first kappa shape index (κ1) is 17.4. The molecule has 1 fully saturated rings. The lowest BCUT2D eigenvalue weighted by Gasteiger charge is -2.23. The van der Waals surface area contributed by atoms with E-state index in [0.717, 1.165) is 6.54 Å². The van der Waals surface area contributed by atoms with Gasteiger partial charge in [-0.15, -0.1) is 0 Å². The van der Waals surface area contributed by atoms with Crippen LogP contribution in [-0.4, -0.2) is 38.7 Å². The van der Waals surface area contributed by atoms with Crippen molar-refractivity contribution in [1.82, 2.24) is 5.32 Å². The van der Waals surface area contributed by atoms with Gasteiger partial charge >= 0.3 is 0 Å². The lowest BCUT2D eigenvalue weighted by atomic mass is 10.1. The van der Waals surface area contributed by atoms with Crippen molar-refractivity contribution in [2.24, 2.45) is 0 Å². The van der Waals surface area contributed by atoms with Crippen LogP contribution < -0.4 is 15.0 Å². The van der Waals surface area contributed by atoms with Crippen LogP contribution >= 0.6 is 23.2 Å². The molecule has 0 spiro atoms. The fraction of sp³-hybridized carbons (Fsp3) is 0.562. The minimum Gasteiger partial charge on any atom is -0.491 e. The molecule has 0 aromatic heterocycles. The molecule has 1 aromatic carbocycles. The SMILES string of the molecule is CCOc1c(Cl)cc(C(=O)NCC[NH+]2CCCCC2)cc1Cl. The van der Waals surface area contributed by atoms with Crippen LogP contribution in [0, 0.1) is 0 Å². The molecule has 1 amide bonds. The Balaban J connectivity index is 1.89. The van der Waals surface area contributed by atoms with Crippen LogP contribution in [0.1, 0.15) is 36.5 Å². The number of halogens is 2. The molecular weight excluding hydrogens is 323 g/mol. The quantitative estimate of drug-likeness (QED) is 0.829. The van der Waals surface area contributed by atoms with Crippen molar-refractivity contribution in [1.29, 1.82) is 0 Å². The van der Waals surface area contributed by atoms with Crippen LogP contribution in [0.2, 0.25) is 10.0 Å². The van der Waals surface area contributed by atoms with Gasteiger partial charge in [0.1, 0.15) is 0 Å². The summed E-state index contributed by atoms with van der Waals surface area (Å²) in [5, 5.41) is 3.66. The maximum absolute atomic E-state index is 12.2. The number of hydrogen-bond acceptors (Lipinski definition) is 2. The summed E-state index contributed by atoms with van der Waals surface area (Å²) in [7, 11) is 0. The number of benzene rings is 1. The van der Waals surface area contributed by atoms with E-state index in [1.54, 1.807) is 17.0 Å². The molecule has 122 valence electrons. The highest BCUT2D eigenvalue weighted by Gasteiger charge is 2.16. The van der Waals surface area contributed by atoms with Gasteiger partial charge in [0.05, 0.1) is 42.8 Å². The highest BCUT2D eigenvalue weighted by molar-refractivity contribution is 6.37. The highest BCUT2D eigenvalue weighted by Crippen LogP contribution is 2.34. The van der Waals surface area contributed by atoms with Gasteiger partial charge in [-0.1, -0.05) is 23.2 Å². The van der Waals surface area contributed by atoms with Crippen molar-refractivity contribution in [2.75, 3.05) is 32.8 Å². The van der Waals surface area contributed by atoms with E-state index in [0.29, 0.717) is 34.5 Å². The average molecular weight is 346 g/mol. The molecule has 1 saturated heterocycles. The predicted molar refractivity (Wildman–Crippen MR) is 89.4 cm³/mol. The summed E-state index contributed by atoms with van der Waals surface area (Å²) in [6, 6.07) is 3.20. The van der Waals surface area contributed by atoms with E-state index in [2.05, 4.69) is 5.32 Å². The lowest BCUT2D eigenvalue weighted by Crippen LogP contribution is -3.13.